The summed E-state index contributed by atoms with van der Waals surface area (Å²) in [6.07, 6.45) is -4.42. The first-order valence-corrected chi connectivity index (χ1v) is 9.99. The molecule has 2 aromatic heterocycles. The molecule has 0 aliphatic carbocycles. The Morgan fingerprint density at radius 2 is 1.75 bits per heavy atom. The smallest absolute Gasteiger partial charge is 0.416 e. The molecule has 0 amide bonds. The van der Waals surface area contributed by atoms with Crippen LogP contribution in [0.5, 0.6) is 5.75 Å². The Bertz CT molecular complexity index is 1190. The van der Waals surface area contributed by atoms with Crippen LogP contribution in [0.3, 0.4) is 0 Å². The second-order valence-electron chi connectivity index (χ2n) is 6.39. The summed E-state index contributed by atoms with van der Waals surface area (Å²) in [4.78, 5) is 4.17. The predicted molar refractivity (Wildman–Crippen MR) is 105 cm³/mol. The molecule has 0 bridgehead atoms. The van der Waals surface area contributed by atoms with Crippen LogP contribution >= 0.6 is 11.8 Å². The van der Waals surface area contributed by atoms with Gasteiger partial charge in [0.2, 0.25) is 16.9 Å². The van der Waals surface area contributed by atoms with E-state index in [1.54, 1.807) is 0 Å². The number of hydrogen-bond donors (Lipinski definition) is 1. The minimum Gasteiger partial charge on any atom is -0.486 e. The molecule has 0 aliphatic rings. The highest BCUT2D eigenvalue weighted by Gasteiger charge is 2.30. The lowest BCUT2D eigenvalue weighted by atomic mass is 10.1. The SMILES string of the molecule is Nn1c(COc2ccc(F)cc2)nnc1SCc1nc(-c2ccc(C(F)(F)F)cc2)no1. The van der Waals surface area contributed by atoms with Crippen molar-refractivity contribution in [2.75, 3.05) is 5.84 Å². The summed E-state index contributed by atoms with van der Waals surface area (Å²) in [5, 5.41) is 12.1. The number of alkyl halides is 3. The molecule has 4 aromatic rings. The molecule has 2 heterocycles. The van der Waals surface area contributed by atoms with Gasteiger partial charge >= 0.3 is 6.18 Å². The molecule has 4 rings (SSSR count). The van der Waals surface area contributed by atoms with Gasteiger partial charge in [-0.3, -0.25) is 0 Å². The Morgan fingerprint density at radius 1 is 1.03 bits per heavy atom. The van der Waals surface area contributed by atoms with E-state index in [2.05, 4.69) is 20.3 Å². The Morgan fingerprint density at radius 3 is 2.44 bits per heavy atom. The van der Waals surface area contributed by atoms with Gasteiger partial charge in [-0.05, 0) is 36.4 Å². The largest absolute Gasteiger partial charge is 0.486 e. The first-order valence-electron chi connectivity index (χ1n) is 9.00. The normalized spacial score (nSPS) is 11.6. The van der Waals surface area contributed by atoms with Gasteiger partial charge in [0, 0.05) is 5.56 Å². The molecule has 0 aliphatic heterocycles. The summed E-state index contributed by atoms with van der Waals surface area (Å²) < 4.78 is 62.8. The predicted octanol–water partition coefficient (Wildman–Crippen LogP) is 4.07. The zero-order valence-electron chi connectivity index (χ0n) is 16.1. The van der Waals surface area contributed by atoms with Gasteiger partial charge in [0.1, 0.15) is 18.2 Å². The van der Waals surface area contributed by atoms with Crippen molar-refractivity contribution < 1.29 is 26.8 Å². The standard InChI is InChI=1S/C19H14F4N6O2S/c20-13-5-7-14(8-6-13)30-9-15-26-27-18(29(15)24)32-10-16-25-17(28-31-16)11-1-3-12(4-2-11)19(21,22)23/h1-8H,9-10,24H2. The highest BCUT2D eigenvalue weighted by atomic mass is 32.2. The number of ether oxygens (including phenoxy) is 1. The van der Waals surface area contributed by atoms with Crippen LogP contribution in [0.15, 0.2) is 58.2 Å². The van der Waals surface area contributed by atoms with Crippen molar-refractivity contribution in [3.8, 4) is 17.1 Å². The van der Waals surface area contributed by atoms with E-state index in [0.717, 1.165) is 12.1 Å². The van der Waals surface area contributed by atoms with Crippen molar-refractivity contribution in [3.63, 3.8) is 0 Å². The second-order valence-corrected chi connectivity index (χ2v) is 7.33. The number of halogens is 4. The third kappa shape index (κ3) is 4.99. The highest BCUT2D eigenvalue weighted by molar-refractivity contribution is 7.98. The summed E-state index contributed by atoms with van der Waals surface area (Å²) in [7, 11) is 0. The van der Waals surface area contributed by atoms with Crippen LogP contribution < -0.4 is 10.6 Å². The maximum atomic E-state index is 12.9. The van der Waals surface area contributed by atoms with Gasteiger partial charge in [-0.25, -0.2) is 9.07 Å². The van der Waals surface area contributed by atoms with Gasteiger partial charge in [-0.1, -0.05) is 29.1 Å². The van der Waals surface area contributed by atoms with Crippen molar-refractivity contribution in [1.82, 2.24) is 25.0 Å². The van der Waals surface area contributed by atoms with E-state index >= 15 is 0 Å². The number of nitrogen functional groups attached to an aromatic ring is 1. The lowest BCUT2D eigenvalue weighted by Crippen LogP contribution is -2.15. The van der Waals surface area contributed by atoms with E-state index in [1.807, 2.05) is 0 Å². The summed E-state index contributed by atoms with van der Waals surface area (Å²) in [5.41, 5.74) is -0.373. The number of rotatable bonds is 7. The number of hydrogen-bond acceptors (Lipinski definition) is 8. The molecule has 0 radical (unpaired) electrons. The number of nitrogens with zero attached hydrogens (tertiary/aromatic N) is 5. The van der Waals surface area contributed by atoms with Crippen LogP contribution in [0.25, 0.3) is 11.4 Å². The lowest BCUT2D eigenvalue weighted by Gasteiger charge is -2.06. The minimum absolute atomic E-state index is 0.0221. The molecule has 0 atom stereocenters. The molecule has 32 heavy (non-hydrogen) atoms. The van der Waals surface area contributed by atoms with Crippen LogP contribution in [0.2, 0.25) is 0 Å². The number of benzene rings is 2. The van der Waals surface area contributed by atoms with Crippen LogP contribution in [-0.4, -0.2) is 25.0 Å². The Labute approximate surface area is 182 Å². The van der Waals surface area contributed by atoms with E-state index in [4.69, 9.17) is 15.1 Å². The molecule has 8 nitrogen and oxygen atoms in total. The average Bonchev–Trinajstić information content (AvgIpc) is 3.38. The monoisotopic (exact) mass is 466 g/mol. The fraction of sp³-hybridized carbons (Fsp3) is 0.158. The van der Waals surface area contributed by atoms with Crippen LogP contribution in [0.4, 0.5) is 17.6 Å². The van der Waals surface area contributed by atoms with E-state index in [9.17, 15) is 17.6 Å². The Balaban J connectivity index is 1.35. The summed E-state index contributed by atoms with van der Waals surface area (Å²) >= 11 is 1.17. The van der Waals surface area contributed by atoms with Gasteiger partial charge in [-0.15, -0.1) is 10.2 Å². The molecule has 2 aromatic carbocycles. The van der Waals surface area contributed by atoms with Crippen molar-refractivity contribution in [3.05, 3.63) is 71.6 Å². The summed E-state index contributed by atoms with van der Waals surface area (Å²) in [6, 6.07) is 9.94. The summed E-state index contributed by atoms with van der Waals surface area (Å²) in [5.74, 6) is 7.00. The molecule has 13 heteroatoms. The number of aromatic nitrogens is 5. The average molecular weight is 466 g/mol. The fourth-order valence-corrected chi connectivity index (χ4v) is 3.26. The third-order valence-corrected chi connectivity index (χ3v) is 5.11. The van der Waals surface area contributed by atoms with Gasteiger partial charge < -0.3 is 15.1 Å². The number of thioether (sulfide) groups is 1. The van der Waals surface area contributed by atoms with Crippen molar-refractivity contribution in [2.24, 2.45) is 0 Å². The van der Waals surface area contributed by atoms with Crippen molar-refractivity contribution in [2.45, 2.75) is 23.7 Å². The van der Waals surface area contributed by atoms with E-state index in [0.29, 0.717) is 22.3 Å². The van der Waals surface area contributed by atoms with Gasteiger partial charge in [0.05, 0.1) is 11.3 Å². The van der Waals surface area contributed by atoms with Crippen molar-refractivity contribution >= 4 is 11.8 Å². The lowest BCUT2D eigenvalue weighted by molar-refractivity contribution is -0.137. The second kappa shape index (κ2) is 8.86. The maximum absolute atomic E-state index is 12.9. The van der Waals surface area contributed by atoms with E-state index in [1.165, 1.54) is 52.8 Å². The van der Waals surface area contributed by atoms with Gasteiger partial charge in [-0.2, -0.15) is 18.2 Å². The first-order chi connectivity index (χ1) is 15.3. The highest BCUT2D eigenvalue weighted by Crippen LogP contribution is 2.30. The minimum atomic E-state index is -4.42. The van der Waals surface area contributed by atoms with Crippen LogP contribution in [0, 0.1) is 5.82 Å². The molecule has 0 saturated carbocycles. The molecule has 0 unspecified atom stereocenters. The Kier molecular flexibility index (Phi) is 5.99. The zero-order valence-corrected chi connectivity index (χ0v) is 16.9. The number of nitrogens with two attached hydrogens (primary N) is 1. The molecule has 2 N–H and O–H groups in total. The molecular formula is C19H14F4N6O2S. The van der Waals surface area contributed by atoms with Gasteiger partial charge in [0.15, 0.2) is 5.82 Å². The van der Waals surface area contributed by atoms with Crippen molar-refractivity contribution in [1.29, 1.82) is 0 Å². The molecule has 0 spiro atoms. The zero-order chi connectivity index (χ0) is 22.7. The first kappa shape index (κ1) is 21.6. The van der Waals surface area contributed by atoms with Crippen LogP contribution in [-0.2, 0) is 18.5 Å². The van der Waals surface area contributed by atoms with E-state index < -0.39 is 11.7 Å². The Hall–Kier alpha value is -3.61. The fourth-order valence-electron chi connectivity index (χ4n) is 2.55. The van der Waals surface area contributed by atoms with E-state index in [-0.39, 0.29) is 29.9 Å². The quantitative estimate of drug-likeness (QED) is 0.247. The van der Waals surface area contributed by atoms with Gasteiger partial charge in [0.25, 0.3) is 0 Å². The molecule has 0 fully saturated rings. The molecule has 0 saturated heterocycles. The maximum Gasteiger partial charge on any atom is 0.416 e. The third-order valence-electron chi connectivity index (χ3n) is 4.18. The summed E-state index contributed by atoms with van der Waals surface area (Å²) in [6.45, 7) is 0.0221. The van der Waals surface area contributed by atoms with Crippen LogP contribution in [0.1, 0.15) is 17.3 Å². The molecule has 166 valence electrons. The molecular weight excluding hydrogens is 452 g/mol. The topological polar surface area (TPSA) is 105 Å².